The summed E-state index contributed by atoms with van der Waals surface area (Å²) >= 11 is 0. The molecule has 1 aliphatic rings. The molecule has 1 N–H and O–H groups in total. The quantitative estimate of drug-likeness (QED) is 0.387. The number of anilines is 1. The fourth-order valence-corrected chi connectivity index (χ4v) is 5.83. The topological polar surface area (TPSA) is 114 Å². The number of hydrogen-bond donors (Lipinski definition) is 1. The van der Waals surface area contributed by atoms with Gasteiger partial charge in [0.05, 0.1) is 33.3 Å². The number of amides is 2. The second-order valence-corrected chi connectivity index (χ2v) is 11.9. The van der Waals surface area contributed by atoms with Gasteiger partial charge in [-0.25, -0.2) is 8.42 Å². The molecule has 0 aliphatic heterocycles. The largest absolute Gasteiger partial charge is 0.497 e. The number of carbonyl (C=O) groups is 2. The summed E-state index contributed by atoms with van der Waals surface area (Å²) in [5, 5.41) is 3.14. The van der Waals surface area contributed by atoms with Crippen LogP contribution in [0.15, 0.2) is 42.5 Å². The number of rotatable bonds is 13. The zero-order valence-electron chi connectivity index (χ0n) is 24.0. The molecule has 11 heteroatoms. The summed E-state index contributed by atoms with van der Waals surface area (Å²) in [5.74, 6) is 0.640. The summed E-state index contributed by atoms with van der Waals surface area (Å²) in [4.78, 5) is 28.9. The zero-order chi connectivity index (χ0) is 29.3. The zero-order valence-corrected chi connectivity index (χ0v) is 24.8. The van der Waals surface area contributed by atoms with Crippen molar-refractivity contribution in [2.24, 2.45) is 0 Å². The van der Waals surface area contributed by atoms with E-state index in [1.807, 2.05) is 19.1 Å². The Bertz CT molecular complexity index is 1240. The molecule has 0 saturated heterocycles. The molecule has 2 amide bonds. The van der Waals surface area contributed by atoms with Crippen LogP contribution in [0.25, 0.3) is 0 Å². The minimum absolute atomic E-state index is 0.0734. The van der Waals surface area contributed by atoms with Crippen molar-refractivity contribution in [3.05, 3.63) is 48.0 Å². The second-order valence-electron chi connectivity index (χ2n) is 9.94. The smallest absolute Gasteiger partial charge is 0.244 e. The average Bonchev–Trinajstić information content (AvgIpc) is 2.95. The summed E-state index contributed by atoms with van der Waals surface area (Å²) in [5.41, 5.74) is 0.981. The van der Waals surface area contributed by atoms with Gasteiger partial charge in [0.1, 0.15) is 29.8 Å². The van der Waals surface area contributed by atoms with E-state index in [0.29, 0.717) is 17.9 Å². The van der Waals surface area contributed by atoms with Crippen molar-refractivity contribution in [3.8, 4) is 17.2 Å². The van der Waals surface area contributed by atoms with Crippen LogP contribution in [0.1, 0.15) is 51.0 Å². The van der Waals surface area contributed by atoms with E-state index in [0.717, 1.165) is 48.2 Å². The molecule has 40 heavy (non-hydrogen) atoms. The molecule has 1 aliphatic carbocycles. The molecule has 0 unspecified atom stereocenters. The van der Waals surface area contributed by atoms with Crippen LogP contribution in [0.3, 0.4) is 0 Å². The lowest BCUT2D eigenvalue weighted by molar-refractivity contribution is -0.140. The predicted molar refractivity (Wildman–Crippen MR) is 154 cm³/mol. The highest BCUT2D eigenvalue weighted by Gasteiger charge is 2.33. The predicted octanol–water partition coefficient (Wildman–Crippen LogP) is 3.73. The molecule has 0 radical (unpaired) electrons. The van der Waals surface area contributed by atoms with Crippen molar-refractivity contribution in [2.45, 2.75) is 64.1 Å². The molecular weight excluding hydrogens is 534 g/mol. The Hall–Kier alpha value is -3.47. The van der Waals surface area contributed by atoms with Gasteiger partial charge in [-0.3, -0.25) is 13.9 Å². The number of nitrogens with one attached hydrogen (secondary N) is 1. The molecule has 220 valence electrons. The lowest BCUT2D eigenvalue weighted by Gasteiger charge is -2.34. The third-order valence-electron chi connectivity index (χ3n) is 7.18. The first-order valence-corrected chi connectivity index (χ1v) is 15.4. The number of sulfonamides is 1. The highest BCUT2D eigenvalue weighted by Crippen LogP contribution is 2.34. The third kappa shape index (κ3) is 8.03. The summed E-state index contributed by atoms with van der Waals surface area (Å²) in [7, 11) is 0.571. The summed E-state index contributed by atoms with van der Waals surface area (Å²) in [6.45, 7) is 1.46. The first-order valence-electron chi connectivity index (χ1n) is 13.5. The molecule has 1 atom stereocenters. The maximum absolute atomic E-state index is 14.0. The second kappa shape index (κ2) is 14.2. The lowest BCUT2D eigenvalue weighted by Crippen LogP contribution is -2.54. The Balaban J connectivity index is 1.96. The standard InChI is InChI=1S/C29H41N3O7S/c1-6-25(29(34)30-22-10-8-7-9-11-22)31(19-21-12-14-23(37-2)15-13-21)28(33)20-32(40(5,35)36)26-17-16-24(38-3)18-27(26)39-4/h12-18,22,25H,6-11,19-20H2,1-5H3,(H,30,34)/t25-/m1/s1. The highest BCUT2D eigenvalue weighted by molar-refractivity contribution is 7.92. The maximum Gasteiger partial charge on any atom is 0.244 e. The van der Waals surface area contributed by atoms with Crippen LogP contribution in [-0.4, -0.2) is 71.3 Å². The van der Waals surface area contributed by atoms with E-state index in [-0.39, 0.29) is 29.9 Å². The van der Waals surface area contributed by atoms with Crippen molar-refractivity contribution in [2.75, 3.05) is 38.4 Å². The van der Waals surface area contributed by atoms with Gasteiger partial charge in [0.2, 0.25) is 21.8 Å². The first-order chi connectivity index (χ1) is 19.1. The molecule has 2 aromatic rings. The van der Waals surface area contributed by atoms with Gasteiger partial charge in [0, 0.05) is 18.7 Å². The van der Waals surface area contributed by atoms with Gasteiger partial charge in [-0.2, -0.15) is 0 Å². The van der Waals surface area contributed by atoms with E-state index in [2.05, 4.69) is 5.32 Å². The van der Waals surface area contributed by atoms with E-state index in [1.54, 1.807) is 31.4 Å². The van der Waals surface area contributed by atoms with Crippen LogP contribution < -0.4 is 23.8 Å². The Morgan fingerprint density at radius 1 is 0.950 bits per heavy atom. The first kappa shape index (κ1) is 31.1. The van der Waals surface area contributed by atoms with Gasteiger partial charge < -0.3 is 24.4 Å². The van der Waals surface area contributed by atoms with Crippen LogP contribution in [0, 0.1) is 0 Å². The summed E-state index contributed by atoms with van der Waals surface area (Å²) in [6.07, 6.45) is 6.49. The van der Waals surface area contributed by atoms with Crippen molar-refractivity contribution in [3.63, 3.8) is 0 Å². The third-order valence-corrected chi connectivity index (χ3v) is 8.31. The van der Waals surface area contributed by atoms with Crippen LogP contribution in [0.2, 0.25) is 0 Å². The molecule has 10 nitrogen and oxygen atoms in total. The van der Waals surface area contributed by atoms with Crippen molar-refractivity contribution >= 4 is 27.5 Å². The van der Waals surface area contributed by atoms with Gasteiger partial charge in [0.25, 0.3) is 0 Å². The molecule has 2 aromatic carbocycles. The number of hydrogen-bond acceptors (Lipinski definition) is 7. The van der Waals surface area contributed by atoms with Gasteiger partial charge in [-0.1, -0.05) is 38.3 Å². The Labute approximate surface area is 237 Å². The molecule has 0 heterocycles. The van der Waals surface area contributed by atoms with Crippen LogP contribution in [-0.2, 0) is 26.2 Å². The fourth-order valence-electron chi connectivity index (χ4n) is 4.98. The molecule has 1 saturated carbocycles. The Morgan fingerprint density at radius 2 is 1.57 bits per heavy atom. The minimum Gasteiger partial charge on any atom is -0.497 e. The number of ether oxygens (including phenoxy) is 3. The van der Waals surface area contributed by atoms with Crippen LogP contribution in [0.4, 0.5) is 5.69 Å². The Morgan fingerprint density at radius 3 is 2.12 bits per heavy atom. The number of methoxy groups -OCH3 is 3. The fraction of sp³-hybridized carbons (Fsp3) is 0.517. The molecular formula is C29H41N3O7S. The monoisotopic (exact) mass is 575 g/mol. The summed E-state index contributed by atoms with van der Waals surface area (Å²) in [6, 6.07) is 11.2. The van der Waals surface area contributed by atoms with E-state index >= 15 is 0 Å². The van der Waals surface area contributed by atoms with E-state index in [9.17, 15) is 18.0 Å². The van der Waals surface area contributed by atoms with E-state index in [4.69, 9.17) is 14.2 Å². The molecule has 0 bridgehead atoms. The normalized spacial score (nSPS) is 14.6. The Kier molecular flexibility index (Phi) is 11.1. The average molecular weight is 576 g/mol. The maximum atomic E-state index is 14.0. The van der Waals surface area contributed by atoms with Crippen LogP contribution >= 0.6 is 0 Å². The van der Waals surface area contributed by atoms with Gasteiger partial charge in [-0.15, -0.1) is 0 Å². The van der Waals surface area contributed by atoms with Crippen molar-refractivity contribution in [1.82, 2.24) is 10.2 Å². The highest BCUT2D eigenvalue weighted by atomic mass is 32.2. The molecule has 0 aromatic heterocycles. The lowest BCUT2D eigenvalue weighted by atomic mass is 9.95. The summed E-state index contributed by atoms with van der Waals surface area (Å²) < 4.78 is 42.8. The van der Waals surface area contributed by atoms with E-state index < -0.39 is 28.5 Å². The molecule has 3 rings (SSSR count). The SMILES string of the molecule is CC[C@H](C(=O)NC1CCCCC1)N(Cc1ccc(OC)cc1)C(=O)CN(c1ccc(OC)cc1OC)S(C)(=O)=O. The van der Waals surface area contributed by atoms with Crippen molar-refractivity contribution in [1.29, 1.82) is 0 Å². The number of benzene rings is 2. The van der Waals surface area contributed by atoms with Gasteiger partial charge in [0.15, 0.2) is 0 Å². The number of carbonyl (C=O) groups excluding carboxylic acids is 2. The van der Waals surface area contributed by atoms with Gasteiger partial charge in [-0.05, 0) is 49.1 Å². The molecule has 0 spiro atoms. The van der Waals surface area contributed by atoms with Crippen molar-refractivity contribution < 1.29 is 32.2 Å². The van der Waals surface area contributed by atoms with E-state index in [1.165, 1.54) is 25.2 Å². The number of nitrogens with zero attached hydrogens (tertiary/aromatic N) is 2. The van der Waals surface area contributed by atoms with Crippen LogP contribution in [0.5, 0.6) is 17.2 Å². The minimum atomic E-state index is -3.91. The molecule has 1 fully saturated rings. The van der Waals surface area contributed by atoms with Gasteiger partial charge >= 0.3 is 0 Å².